The lowest BCUT2D eigenvalue weighted by atomic mass is 10.1. The summed E-state index contributed by atoms with van der Waals surface area (Å²) in [6, 6.07) is 14.8. The van der Waals surface area contributed by atoms with E-state index >= 15 is 0 Å². The maximum atomic E-state index is 12.8. The Morgan fingerprint density at radius 1 is 1.04 bits per heavy atom. The van der Waals surface area contributed by atoms with E-state index in [2.05, 4.69) is 17.0 Å². The fourth-order valence-electron chi connectivity index (χ4n) is 3.23. The Kier molecular flexibility index (Phi) is 5.82. The van der Waals surface area contributed by atoms with Crippen molar-refractivity contribution in [1.82, 2.24) is 9.80 Å². The molecule has 3 rings (SSSR count). The zero-order valence-corrected chi connectivity index (χ0v) is 16.4. The quantitative estimate of drug-likeness (QED) is 0.784. The predicted molar refractivity (Wildman–Crippen MR) is 104 cm³/mol. The number of rotatable bonds is 5. The molecular weight excluding hydrogens is 364 g/mol. The maximum Gasteiger partial charge on any atom is 0.253 e. The number of methoxy groups -OCH3 is 1. The highest BCUT2D eigenvalue weighted by Crippen LogP contribution is 2.25. The van der Waals surface area contributed by atoms with E-state index in [1.807, 2.05) is 18.2 Å². The predicted octanol–water partition coefficient (Wildman–Crippen LogP) is 2.06. The van der Waals surface area contributed by atoms with Crippen molar-refractivity contribution < 1.29 is 17.9 Å². The summed E-state index contributed by atoms with van der Waals surface area (Å²) >= 11 is 0. The molecule has 1 heterocycles. The Morgan fingerprint density at radius 3 is 2.30 bits per heavy atom. The summed E-state index contributed by atoms with van der Waals surface area (Å²) in [6.45, 7) is 3.67. The van der Waals surface area contributed by atoms with E-state index < -0.39 is 9.84 Å². The van der Waals surface area contributed by atoms with Crippen LogP contribution in [0.15, 0.2) is 53.4 Å². The Bertz CT molecular complexity index is 905. The van der Waals surface area contributed by atoms with Gasteiger partial charge in [-0.3, -0.25) is 9.69 Å². The second-order valence-electron chi connectivity index (χ2n) is 6.69. The number of hydrogen-bond donors (Lipinski definition) is 0. The van der Waals surface area contributed by atoms with Gasteiger partial charge in [0.25, 0.3) is 5.91 Å². The van der Waals surface area contributed by atoms with E-state index in [1.54, 1.807) is 11.0 Å². The van der Waals surface area contributed by atoms with Crippen LogP contribution in [-0.2, 0) is 16.4 Å². The van der Waals surface area contributed by atoms with Crippen molar-refractivity contribution in [2.45, 2.75) is 11.4 Å². The molecule has 144 valence electrons. The average Bonchev–Trinajstić information content (AvgIpc) is 2.67. The topological polar surface area (TPSA) is 66.9 Å². The van der Waals surface area contributed by atoms with Gasteiger partial charge in [0.1, 0.15) is 10.6 Å². The smallest absolute Gasteiger partial charge is 0.253 e. The molecule has 1 aliphatic heterocycles. The Balaban J connectivity index is 1.67. The molecule has 0 aromatic heterocycles. The molecule has 0 bridgehead atoms. The lowest BCUT2D eigenvalue weighted by Gasteiger charge is -2.34. The van der Waals surface area contributed by atoms with Gasteiger partial charge < -0.3 is 9.64 Å². The number of nitrogens with zero attached hydrogens (tertiary/aromatic N) is 2. The highest BCUT2D eigenvalue weighted by atomic mass is 32.2. The SMILES string of the molecule is COc1ccc(C(=O)N2CCN(Cc3ccccc3)CC2)cc1S(C)(=O)=O. The number of carbonyl (C=O) groups excluding carboxylic acids is 1. The molecule has 0 atom stereocenters. The summed E-state index contributed by atoms with van der Waals surface area (Å²) in [7, 11) is -2.07. The van der Waals surface area contributed by atoms with E-state index in [0.717, 1.165) is 25.9 Å². The molecule has 6 nitrogen and oxygen atoms in total. The molecule has 0 radical (unpaired) electrons. The van der Waals surface area contributed by atoms with Crippen LogP contribution < -0.4 is 4.74 Å². The molecule has 1 fully saturated rings. The van der Waals surface area contributed by atoms with Gasteiger partial charge in [-0.25, -0.2) is 8.42 Å². The number of benzene rings is 2. The maximum absolute atomic E-state index is 12.8. The second kappa shape index (κ2) is 8.10. The number of carbonyl (C=O) groups is 1. The first kappa shape index (κ1) is 19.4. The summed E-state index contributed by atoms with van der Waals surface area (Å²) in [5.74, 6) is 0.101. The molecule has 0 aliphatic carbocycles. The molecule has 2 aromatic rings. The molecule has 1 aliphatic rings. The van der Waals surface area contributed by atoms with Crippen LogP contribution in [0.25, 0.3) is 0 Å². The summed E-state index contributed by atoms with van der Waals surface area (Å²) < 4.78 is 29.0. The van der Waals surface area contributed by atoms with Gasteiger partial charge in [-0.1, -0.05) is 30.3 Å². The van der Waals surface area contributed by atoms with Crippen LogP contribution in [0.1, 0.15) is 15.9 Å². The van der Waals surface area contributed by atoms with Gasteiger partial charge in [0.2, 0.25) is 0 Å². The van der Waals surface area contributed by atoms with Gasteiger partial charge in [-0.2, -0.15) is 0 Å². The first-order valence-electron chi connectivity index (χ1n) is 8.82. The van der Waals surface area contributed by atoms with Crippen molar-refractivity contribution in [1.29, 1.82) is 0 Å². The van der Waals surface area contributed by atoms with Crippen LogP contribution in [0.5, 0.6) is 5.75 Å². The minimum absolute atomic E-state index is 0.0403. The van der Waals surface area contributed by atoms with Gasteiger partial charge >= 0.3 is 0 Å². The number of amides is 1. The van der Waals surface area contributed by atoms with Crippen molar-refractivity contribution in [2.24, 2.45) is 0 Å². The normalized spacial score (nSPS) is 15.6. The Hall–Kier alpha value is -2.38. The molecule has 27 heavy (non-hydrogen) atoms. The van der Waals surface area contributed by atoms with Crippen LogP contribution >= 0.6 is 0 Å². The minimum Gasteiger partial charge on any atom is -0.495 e. The molecule has 1 amide bonds. The van der Waals surface area contributed by atoms with E-state index in [9.17, 15) is 13.2 Å². The Morgan fingerprint density at radius 2 is 1.70 bits per heavy atom. The molecule has 2 aromatic carbocycles. The molecule has 7 heteroatoms. The standard InChI is InChI=1S/C20H24N2O4S/c1-26-18-9-8-17(14-19(18)27(2,24)25)20(23)22-12-10-21(11-13-22)15-16-6-4-3-5-7-16/h3-9,14H,10-13,15H2,1-2H3. The van der Waals surface area contributed by atoms with Crippen molar-refractivity contribution in [3.8, 4) is 5.75 Å². The minimum atomic E-state index is -3.48. The first-order chi connectivity index (χ1) is 12.9. The zero-order valence-electron chi connectivity index (χ0n) is 15.6. The highest BCUT2D eigenvalue weighted by molar-refractivity contribution is 7.90. The first-order valence-corrected chi connectivity index (χ1v) is 10.7. The van der Waals surface area contributed by atoms with Gasteiger partial charge in [0.15, 0.2) is 9.84 Å². The van der Waals surface area contributed by atoms with Gasteiger partial charge in [-0.05, 0) is 23.8 Å². The number of piperazine rings is 1. The summed E-state index contributed by atoms with van der Waals surface area (Å²) in [5, 5.41) is 0. The third-order valence-electron chi connectivity index (χ3n) is 4.72. The average molecular weight is 388 g/mol. The van der Waals surface area contributed by atoms with Crippen molar-refractivity contribution >= 4 is 15.7 Å². The Labute approximate surface area is 160 Å². The van der Waals surface area contributed by atoms with Crippen molar-refractivity contribution in [3.05, 3.63) is 59.7 Å². The van der Waals surface area contributed by atoms with E-state index in [0.29, 0.717) is 18.7 Å². The van der Waals surface area contributed by atoms with Crippen LogP contribution in [0.2, 0.25) is 0 Å². The zero-order chi connectivity index (χ0) is 19.4. The van der Waals surface area contributed by atoms with Gasteiger partial charge in [0.05, 0.1) is 7.11 Å². The molecule has 0 unspecified atom stereocenters. The fourth-order valence-corrected chi connectivity index (χ4v) is 4.09. The molecule has 0 spiro atoms. The van der Waals surface area contributed by atoms with Crippen LogP contribution in [-0.4, -0.2) is 63.7 Å². The largest absolute Gasteiger partial charge is 0.495 e. The monoisotopic (exact) mass is 388 g/mol. The summed E-state index contributed by atoms with van der Waals surface area (Å²) in [6.07, 6.45) is 1.11. The molecular formula is C20H24N2O4S. The molecule has 0 N–H and O–H groups in total. The van der Waals surface area contributed by atoms with E-state index in [4.69, 9.17) is 4.74 Å². The molecule has 0 saturated carbocycles. The van der Waals surface area contributed by atoms with Crippen molar-refractivity contribution in [2.75, 3.05) is 39.5 Å². The number of ether oxygens (including phenoxy) is 1. The van der Waals surface area contributed by atoms with Gasteiger partial charge in [-0.15, -0.1) is 0 Å². The van der Waals surface area contributed by atoms with Crippen molar-refractivity contribution in [3.63, 3.8) is 0 Å². The van der Waals surface area contributed by atoms with E-state index in [1.165, 1.54) is 24.8 Å². The number of hydrogen-bond acceptors (Lipinski definition) is 5. The lowest BCUT2D eigenvalue weighted by Crippen LogP contribution is -2.48. The van der Waals surface area contributed by atoms with Crippen LogP contribution in [0.3, 0.4) is 0 Å². The third-order valence-corrected chi connectivity index (χ3v) is 5.84. The van der Waals surface area contributed by atoms with Crippen LogP contribution in [0.4, 0.5) is 0 Å². The third kappa shape index (κ3) is 4.67. The lowest BCUT2D eigenvalue weighted by molar-refractivity contribution is 0.0628. The summed E-state index contributed by atoms with van der Waals surface area (Å²) in [4.78, 5) is 16.9. The number of sulfone groups is 1. The summed E-state index contributed by atoms with van der Waals surface area (Å²) in [5.41, 5.74) is 1.62. The fraction of sp³-hybridized carbons (Fsp3) is 0.350. The van der Waals surface area contributed by atoms with E-state index in [-0.39, 0.29) is 16.6 Å². The van der Waals surface area contributed by atoms with Crippen LogP contribution in [0, 0.1) is 0 Å². The van der Waals surface area contributed by atoms with Gasteiger partial charge in [0, 0.05) is 44.5 Å². The second-order valence-corrected chi connectivity index (χ2v) is 8.68. The molecule has 1 saturated heterocycles. The highest BCUT2D eigenvalue weighted by Gasteiger charge is 2.24.